The van der Waals surface area contributed by atoms with Crippen molar-refractivity contribution >= 4 is 32.9 Å². The van der Waals surface area contributed by atoms with Gasteiger partial charge in [0.25, 0.3) is 0 Å². The summed E-state index contributed by atoms with van der Waals surface area (Å²) >= 11 is 0. The number of nitrogens with one attached hydrogen (secondary N) is 1. The predicted molar refractivity (Wildman–Crippen MR) is 99.2 cm³/mol. The van der Waals surface area contributed by atoms with Gasteiger partial charge in [0.05, 0.1) is 10.9 Å². The van der Waals surface area contributed by atoms with Gasteiger partial charge < -0.3 is 9.73 Å². The van der Waals surface area contributed by atoms with E-state index in [1.165, 1.54) is 24.3 Å². The van der Waals surface area contributed by atoms with Crippen molar-refractivity contribution in [1.29, 1.82) is 0 Å². The van der Waals surface area contributed by atoms with Crippen LogP contribution in [-0.2, 0) is 14.6 Å². The average molecular weight is 370 g/mol. The van der Waals surface area contributed by atoms with Crippen LogP contribution >= 0.6 is 0 Å². The van der Waals surface area contributed by atoms with E-state index in [0.717, 1.165) is 17.3 Å². The van der Waals surface area contributed by atoms with Crippen LogP contribution in [0.3, 0.4) is 0 Å². The summed E-state index contributed by atoms with van der Waals surface area (Å²) in [5.41, 5.74) is 2.19. The first-order valence-electron chi connectivity index (χ1n) is 7.97. The molecule has 0 radical (unpaired) electrons. The molecule has 1 amide bonds. The van der Waals surface area contributed by atoms with Crippen LogP contribution in [0.5, 0.6) is 0 Å². The molecule has 1 aromatic heterocycles. The number of carbonyl (C=O) groups is 1. The minimum atomic E-state index is -3.23. The Kier molecular flexibility index (Phi) is 4.90. The number of carbonyl (C=O) groups excluding carboxylic acids is 1. The fraction of sp³-hybridized carbons (Fsp3) is 0.158. The summed E-state index contributed by atoms with van der Waals surface area (Å²) in [6.07, 6.45) is 4.02. The topological polar surface area (TPSA) is 89.3 Å². The minimum Gasteiger partial charge on any atom is -0.437 e. The van der Waals surface area contributed by atoms with Crippen LogP contribution in [0.25, 0.3) is 17.2 Å². The molecule has 1 N–H and O–H groups in total. The molecule has 1 atom stereocenters. The van der Waals surface area contributed by atoms with Crippen molar-refractivity contribution in [3.05, 3.63) is 66.1 Å². The molecule has 1 heterocycles. The number of hydrogen-bond donors (Lipinski definition) is 1. The van der Waals surface area contributed by atoms with Gasteiger partial charge in [0.2, 0.25) is 11.8 Å². The Hall–Kier alpha value is -2.93. The van der Waals surface area contributed by atoms with Gasteiger partial charge in [-0.3, -0.25) is 4.79 Å². The molecular weight excluding hydrogens is 352 g/mol. The first-order chi connectivity index (χ1) is 12.3. The number of hydrogen-bond acceptors (Lipinski definition) is 5. The van der Waals surface area contributed by atoms with Gasteiger partial charge in [-0.25, -0.2) is 13.4 Å². The quantitative estimate of drug-likeness (QED) is 0.697. The molecule has 134 valence electrons. The monoisotopic (exact) mass is 370 g/mol. The minimum absolute atomic E-state index is 0.246. The van der Waals surface area contributed by atoms with Gasteiger partial charge in [0, 0.05) is 18.4 Å². The van der Waals surface area contributed by atoms with Crippen molar-refractivity contribution in [3.8, 4) is 0 Å². The standard InChI is InChI=1S/C19H18N2O4S/c1-13(14-7-9-15(10-8-14)26(2,23)24)20-18(22)11-12-19-21-16-5-3-4-6-17(16)25-19/h3-13H,1-2H3,(H,20,22)/b12-11+. The van der Waals surface area contributed by atoms with Crippen molar-refractivity contribution in [1.82, 2.24) is 10.3 Å². The molecule has 0 saturated carbocycles. The number of amides is 1. The molecule has 3 aromatic rings. The largest absolute Gasteiger partial charge is 0.437 e. The lowest BCUT2D eigenvalue weighted by atomic mass is 10.1. The highest BCUT2D eigenvalue weighted by molar-refractivity contribution is 7.90. The van der Waals surface area contributed by atoms with Gasteiger partial charge in [-0.15, -0.1) is 0 Å². The van der Waals surface area contributed by atoms with Gasteiger partial charge >= 0.3 is 0 Å². The Morgan fingerprint density at radius 3 is 2.50 bits per heavy atom. The number of oxazole rings is 1. The maximum absolute atomic E-state index is 12.1. The van der Waals surface area contributed by atoms with Crippen LogP contribution in [0, 0.1) is 0 Å². The molecular formula is C19H18N2O4S. The average Bonchev–Trinajstić information content (AvgIpc) is 3.02. The summed E-state index contributed by atoms with van der Waals surface area (Å²) in [6, 6.07) is 13.5. The van der Waals surface area contributed by atoms with E-state index in [9.17, 15) is 13.2 Å². The summed E-state index contributed by atoms with van der Waals surface area (Å²) in [7, 11) is -3.23. The third kappa shape index (κ3) is 4.18. The Labute approximate surface area is 151 Å². The van der Waals surface area contributed by atoms with Crippen molar-refractivity contribution in [3.63, 3.8) is 0 Å². The molecule has 2 aromatic carbocycles. The maximum atomic E-state index is 12.1. The van der Waals surface area contributed by atoms with E-state index < -0.39 is 9.84 Å². The molecule has 0 spiro atoms. The summed E-state index contributed by atoms with van der Waals surface area (Å²) < 4.78 is 28.5. The predicted octanol–water partition coefficient (Wildman–Crippen LogP) is 3.12. The Balaban J connectivity index is 1.65. The summed E-state index contributed by atoms with van der Waals surface area (Å²) in [4.78, 5) is 16.6. The fourth-order valence-electron chi connectivity index (χ4n) is 2.46. The molecule has 0 aliphatic carbocycles. The highest BCUT2D eigenvalue weighted by atomic mass is 32.2. The molecule has 0 fully saturated rings. The number of benzene rings is 2. The van der Waals surface area contributed by atoms with Crippen LogP contribution in [0.4, 0.5) is 0 Å². The molecule has 0 aliphatic rings. The van der Waals surface area contributed by atoms with Gasteiger partial charge in [0.15, 0.2) is 15.4 Å². The van der Waals surface area contributed by atoms with E-state index >= 15 is 0 Å². The van der Waals surface area contributed by atoms with Crippen molar-refractivity contribution in [2.45, 2.75) is 17.9 Å². The number of fused-ring (bicyclic) bond motifs is 1. The van der Waals surface area contributed by atoms with Crippen molar-refractivity contribution < 1.29 is 17.6 Å². The van der Waals surface area contributed by atoms with E-state index in [4.69, 9.17) is 4.42 Å². The van der Waals surface area contributed by atoms with Crippen molar-refractivity contribution in [2.24, 2.45) is 0 Å². The van der Waals surface area contributed by atoms with E-state index in [1.54, 1.807) is 12.1 Å². The Bertz CT molecular complexity index is 1030. The molecule has 0 aliphatic heterocycles. The van der Waals surface area contributed by atoms with Gasteiger partial charge in [0.1, 0.15) is 5.52 Å². The lowest BCUT2D eigenvalue weighted by Gasteiger charge is -2.13. The first-order valence-corrected chi connectivity index (χ1v) is 9.86. The Morgan fingerprint density at radius 1 is 1.15 bits per heavy atom. The summed E-state index contributed by atoms with van der Waals surface area (Å²) in [5.74, 6) is 0.0541. The number of nitrogens with zero attached hydrogens (tertiary/aromatic N) is 1. The molecule has 3 rings (SSSR count). The van der Waals surface area contributed by atoms with Crippen molar-refractivity contribution in [2.75, 3.05) is 6.26 Å². The van der Waals surface area contributed by atoms with Gasteiger partial charge in [-0.05, 0) is 36.8 Å². The summed E-state index contributed by atoms with van der Waals surface area (Å²) in [5, 5.41) is 2.81. The zero-order valence-electron chi connectivity index (χ0n) is 14.3. The van der Waals surface area contributed by atoms with Gasteiger partial charge in [-0.2, -0.15) is 0 Å². The summed E-state index contributed by atoms with van der Waals surface area (Å²) in [6.45, 7) is 1.82. The lowest BCUT2D eigenvalue weighted by molar-refractivity contribution is -0.117. The highest BCUT2D eigenvalue weighted by Gasteiger charge is 2.11. The zero-order valence-corrected chi connectivity index (χ0v) is 15.2. The van der Waals surface area contributed by atoms with Crippen LogP contribution in [0.2, 0.25) is 0 Å². The second-order valence-electron chi connectivity index (χ2n) is 5.92. The smallest absolute Gasteiger partial charge is 0.244 e. The fourth-order valence-corrected chi connectivity index (χ4v) is 3.09. The Morgan fingerprint density at radius 2 is 1.85 bits per heavy atom. The van der Waals surface area contributed by atoms with Crippen LogP contribution < -0.4 is 5.32 Å². The third-order valence-electron chi connectivity index (χ3n) is 3.85. The molecule has 0 bridgehead atoms. The number of aromatic nitrogens is 1. The first kappa shape index (κ1) is 17.9. The molecule has 6 nitrogen and oxygen atoms in total. The van der Waals surface area contributed by atoms with Crippen LogP contribution in [0.15, 0.2) is 63.9 Å². The second-order valence-corrected chi connectivity index (χ2v) is 7.94. The highest BCUT2D eigenvalue weighted by Crippen LogP contribution is 2.17. The van der Waals surface area contributed by atoms with Crippen LogP contribution in [0.1, 0.15) is 24.4 Å². The third-order valence-corrected chi connectivity index (χ3v) is 4.98. The lowest BCUT2D eigenvalue weighted by Crippen LogP contribution is -2.24. The number of sulfone groups is 1. The number of rotatable bonds is 5. The van der Waals surface area contributed by atoms with E-state index in [1.807, 2.05) is 31.2 Å². The normalized spacial score (nSPS) is 13.2. The van der Waals surface area contributed by atoms with Gasteiger partial charge in [-0.1, -0.05) is 24.3 Å². The molecule has 26 heavy (non-hydrogen) atoms. The second kappa shape index (κ2) is 7.13. The van der Waals surface area contributed by atoms with E-state index in [-0.39, 0.29) is 16.8 Å². The molecule has 1 unspecified atom stereocenters. The van der Waals surface area contributed by atoms with E-state index in [0.29, 0.717) is 11.5 Å². The number of para-hydroxylation sites is 2. The van der Waals surface area contributed by atoms with Crippen LogP contribution in [-0.4, -0.2) is 25.6 Å². The maximum Gasteiger partial charge on any atom is 0.244 e. The molecule has 7 heteroatoms. The van der Waals surface area contributed by atoms with E-state index in [2.05, 4.69) is 10.3 Å². The zero-order chi connectivity index (χ0) is 18.7. The SMILES string of the molecule is CC(NC(=O)/C=C/c1nc2ccccc2o1)c1ccc(S(C)(=O)=O)cc1. The molecule has 0 saturated heterocycles.